The SMILES string of the molecule is CCOC(=O)C1CCN(/C=C(/C#N)C(=O)NCCCOC)CC1. The van der Waals surface area contributed by atoms with Crippen LogP contribution >= 0.6 is 0 Å². The van der Waals surface area contributed by atoms with E-state index >= 15 is 0 Å². The molecule has 1 aliphatic rings. The van der Waals surface area contributed by atoms with Crippen LogP contribution in [0, 0.1) is 17.2 Å². The number of likely N-dealkylation sites (tertiary alicyclic amines) is 1. The maximum atomic E-state index is 11.9. The minimum atomic E-state index is -0.379. The second kappa shape index (κ2) is 10.6. The van der Waals surface area contributed by atoms with Gasteiger partial charge in [-0.05, 0) is 26.2 Å². The summed E-state index contributed by atoms with van der Waals surface area (Å²) in [6, 6.07) is 1.93. The van der Waals surface area contributed by atoms with Gasteiger partial charge in [-0.1, -0.05) is 0 Å². The molecule has 7 nitrogen and oxygen atoms in total. The fourth-order valence-electron chi connectivity index (χ4n) is 2.36. The van der Waals surface area contributed by atoms with Crippen molar-refractivity contribution in [3.8, 4) is 6.07 Å². The Morgan fingerprint density at radius 1 is 1.39 bits per heavy atom. The largest absolute Gasteiger partial charge is 0.466 e. The molecule has 0 bridgehead atoms. The average molecular weight is 323 g/mol. The monoisotopic (exact) mass is 323 g/mol. The Hall–Kier alpha value is -2.07. The number of rotatable bonds is 8. The van der Waals surface area contributed by atoms with Crippen LogP contribution in [0.3, 0.4) is 0 Å². The number of nitriles is 1. The smallest absolute Gasteiger partial charge is 0.309 e. The van der Waals surface area contributed by atoms with E-state index < -0.39 is 0 Å². The third-order valence-electron chi connectivity index (χ3n) is 3.64. The number of hydrogen-bond donors (Lipinski definition) is 1. The van der Waals surface area contributed by atoms with Crippen LogP contribution in [0.4, 0.5) is 0 Å². The van der Waals surface area contributed by atoms with Gasteiger partial charge < -0.3 is 19.7 Å². The van der Waals surface area contributed by atoms with Gasteiger partial charge in [0.15, 0.2) is 0 Å². The molecule has 1 fully saturated rings. The van der Waals surface area contributed by atoms with Crippen molar-refractivity contribution < 1.29 is 19.1 Å². The molecule has 0 aliphatic carbocycles. The molecule has 0 radical (unpaired) electrons. The second-order valence-electron chi connectivity index (χ2n) is 5.32. The van der Waals surface area contributed by atoms with E-state index in [-0.39, 0.29) is 23.4 Å². The summed E-state index contributed by atoms with van der Waals surface area (Å²) in [6.07, 6.45) is 3.62. The number of esters is 1. The van der Waals surface area contributed by atoms with Crippen molar-refractivity contribution in [2.45, 2.75) is 26.2 Å². The van der Waals surface area contributed by atoms with E-state index in [4.69, 9.17) is 14.7 Å². The summed E-state index contributed by atoms with van der Waals surface area (Å²) >= 11 is 0. The number of nitrogens with one attached hydrogen (secondary N) is 1. The number of amides is 1. The highest BCUT2D eigenvalue weighted by Crippen LogP contribution is 2.19. The average Bonchev–Trinajstić information content (AvgIpc) is 2.57. The molecule has 0 saturated carbocycles. The maximum Gasteiger partial charge on any atom is 0.309 e. The first-order chi connectivity index (χ1) is 11.1. The van der Waals surface area contributed by atoms with Crippen LogP contribution in [0.2, 0.25) is 0 Å². The number of ether oxygens (including phenoxy) is 2. The van der Waals surface area contributed by atoms with Crippen molar-refractivity contribution in [3.05, 3.63) is 11.8 Å². The molecule has 0 aromatic rings. The van der Waals surface area contributed by atoms with Crippen molar-refractivity contribution in [2.75, 3.05) is 40.0 Å². The van der Waals surface area contributed by atoms with Gasteiger partial charge in [-0.3, -0.25) is 9.59 Å². The molecule has 0 spiro atoms. The van der Waals surface area contributed by atoms with Gasteiger partial charge in [-0.15, -0.1) is 0 Å². The van der Waals surface area contributed by atoms with Crippen molar-refractivity contribution in [2.24, 2.45) is 5.92 Å². The van der Waals surface area contributed by atoms with Crippen LogP contribution < -0.4 is 5.32 Å². The zero-order chi connectivity index (χ0) is 17.1. The Bertz CT molecular complexity index is 462. The standard InChI is InChI=1S/C16H25N3O4/c1-3-23-16(21)13-5-8-19(9-6-13)12-14(11-17)15(20)18-7-4-10-22-2/h12-13H,3-10H2,1-2H3,(H,18,20)/b14-12-. The van der Waals surface area contributed by atoms with E-state index in [9.17, 15) is 9.59 Å². The Kier molecular flexibility index (Phi) is 8.76. The Balaban J connectivity index is 2.46. The van der Waals surface area contributed by atoms with Gasteiger partial charge in [-0.2, -0.15) is 5.26 Å². The van der Waals surface area contributed by atoms with Crippen LogP contribution in [-0.2, 0) is 19.1 Å². The van der Waals surface area contributed by atoms with E-state index in [2.05, 4.69) is 5.32 Å². The minimum absolute atomic E-state index is 0.0806. The fourth-order valence-corrected chi connectivity index (χ4v) is 2.36. The predicted molar refractivity (Wildman–Crippen MR) is 84.1 cm³/mol. The van der Waals surface area contributed by atoms with Crippen molar-refractivity contribution in [1.29, 1.82) is 5.26 Å². The van der Waals surface area contributed by atoms with Gasteiger partial charge in [0.05, 0.1) is 12.5 Å². The lowest BCUT2D eigenvalue weighted by atomic mass is 9.97. The highest BCUT2D eigenvalue weighted by molar-refractivity contribution is 5.97. The van der Waals surface area contributed by atoms with Crippen molar-refractivity contribution >= 4 is 11.9 Å². The van der Waals surface area contributed by atoms with Gasteiger partial charge >= 0.3 is 5.97 Å². The zero-order valence-electron chi connectivity index (χ0n) is 13.8. The first-order valence-corrected chi connectivity index (χ1v) is 7.92. The molecule has 128 valence electrons. The third-order valence-corrected chi connectivity index (χ3v) is 3.64. The van der Waals surface area contributed by atoms with E-state index in [1.165, 1.54) is 0 Å². The summed E-state index contributed by atoms with van der Waals surface area (Å²) in [5.74, 6) is -0.628. The van der Waals surface area contributed by atoms with Gasteiger partial charge in [0, 0.05) is 39.6 Å². The summed E-state index contributed by atoms with van der Waals surface area (Å²) in [5, 5.41) is 11.8. The topological polar surface area (TPSA) is 91.7 Å². The summed E-state index contributed by atoms with van der Waals surface area (Å²) in [7, 11) is 1.60. The summed E-state index contributed by atoms with van der Waals surface area (Å²) in [6.45, 7) is 4.47. The van der Waals surface area contributed by atoms with Crippen LogP contribution in [0.1, 0.15) is 26.2 Å². The summed E-state index contributed by atoms with van der Waals surface area (Å²) in [4.78, 5) is 25.5. The van der Waals surface area contributed by atoms with Crippen LogP contribution in [0.25, 0.3) is 0 Å². The lowest BCUT2D eigenvalue weighted by molar-refractivity contribution is -0.149. The van der Waals surface area contributed by atoms with Gasteiger partial charge in [-0.25, -0.2) is 0 Å². The van der Waals surface area contributed by atoms with Crippen LogP contribution in [-0.4, -0.2) is 56.7 Å². The summed E-state index contributed by atoms with van der Waals surface area (Å²) in [5.41, 5.74) is 0.0806. The van der Waals surface area contributed by atoms with Gasteiger partial charge in [0.25, 0.3) is 5.91 Å². The van der Waals surface area contributed by atoms with Crippen LogP contribution in [0.5, 0.6) is 0 Å². The predicted octanol–water partition coefficient (Wildman–Crippen LogP) is 0.822. The van der Waals surface area contributed by atoms with E-state index in [1.54, 1.807) is 20.2 Å². The zero-order valence-corrected chi connectivity index (χ0v) is 13.8. The normalized spacial score (nSPS) is 15.9. The lowest BCUT2D eigenvalue weighted by Gasteiger charge is -2.30. The van der Waals surface area contributed by atoms with Crippen LogP contribution in [0.15, 0.2) is 11.8 Å². The minimum Gasteiger partial charge on any atom is -0.466 e. The molecule has 0 aromatic carbocycles. The molecule has 1 saturated heterocycles. The quantitative estimate of drug-likeness (QED) is 0.308. The highest BCUT2D eigenvalue weighted by atomic mass is 16.5. The molecule has 1 amide bonds. The Morgan fingerprint density at radius 2 is 2.09 bits per heavy atom. The summed E-state index contributed by atoms with van der Waals surface area (Å²) < 4.78 is 9.92. The number of hydrogen-bond acceptors (Lipinski definition) is 6. The highest BCUT2D eigenvalue weighted by Gasteiger charge is 2.25. The van der Waals surface area contributed by atoms with Gasteiger partial charge in [0.1, 0.15) is 11.6 Å². The molecule has 1 heterocycles. The van der Waals surface area contributed by atoms with E-state index in [1.807, 2.05) is 11.0 Å². The molecule has 1 N–H and O–H groups in total. The molecular weight excluding hydrogens is 298 g/mol. The molecule has 0 atom stereocenters. The van der Waals surface area contributed by atoms with E-state index in [0.29, 0.717) is 52.1 Å². The van der Waals surface area contributed by atoms with Gasteiger partial charge in [0.2, 0.25) is 0 Å². The Labute approximate surface area is 137 Å². The number of nitrogens with zero attached hydrogens (tertiary/aromatic N) is 2. The molecule has 1 rings (SSSR count). The Morgan fingerprint density at radius 3 is 2.65 bits per heavy atom. The maximum absolute atomic E-state index is 11.9. The first kappa shape index (κ1) is 19.0. The van der Waals surface area contributed by atoms with E-state index in [0.717, 1.165) is 0 Å². The number of methoxy groups -OCH3 is 1. The van der Waals surface area contributed by atoms with Crippen molar-refractivity contribution in [1.82, 2.24) is 10.2 Å². The molecule has 7 heteroatoms. The number of carbonyl (C=O) groups excluding carboxylic acids is 2. The van der Waals surface area contributed by atoms with Crippen molar-refractivity contribution in [3.63, 3.8) is 0 Å². The lowest BCUT2D eigenvalue weighted by Crippen LogP contribution is -2.35. The molecule has 1 aliphatic heterocycles. The fraction of sp³-hybridized carbons (Fsp3) is 0.688. The number of piperidine rings is 1. The molecular formula is C16H25N3O4. The second-order valence-corrected chi connectivity index (χ2v) is 5.32. The molecule has 23 heavy (non-hydrogen) atoms. The first-order valence-electron chi connectivity index (χ1n) is 7.92. The molecule has 0 aromatic heterocycles. The molecule has 0 unspecified atom stereocenters. The number of carbonyl (C=O) groups is 2. The third kappa shape index (κ3) is 6.70.